The van der Waals surface area contributed by atoms with Crippen LogP contribution in [0.15, 0.2) is 30.3 Å². The Morgan fingerprint density at radius 2 is 1.59 bits per heavy atom. The lowest BCUT2D eigenvalue weighted by Crippen LogP contribution is -2.50. The number of piperazine rings is 1. The summed E-state index contributed by atoms with van der Waals surface area (Å²) >= 11 is 1.50. The molecular weight excluding hydrogens is 426 g/mol. The van der Waals surface area contributed by atoms with Crippen LogP contribution in [-0.4, -0.2) is 86.0 Å². The van der Waals surface area contributed by atoms with Gasteiger partial charge in [0.05, 0.1) is 4.88 Å². The summed E-state index contributed by atoms with van der Waals surface area (Å²) in [7, 11) is 2.09. The lowest BCUT2D eigenvalue weighted by Gasteiger charge is -2.37. The minimum Gasteiger partial charge on any atom is -0.486 e. The molecule has 0 spiro atoms. The second-order valence-electron chi connectivity index (χ2n) is 8.72. The number of hydrogen-bond acceptors (Lipinski definition) is 6. The average Bonchev–Trinajstić information content (AvgIpc) is 3.34. The highest BCUT2D eigenvalue weighted by atomic mass is 32.1. The number of likely N-dealkylation sites (N-methyl/N-ethyl adjacent to an activating group) is 1. The van der Waals surface area contributed by atoms with Gasteiger partial charge in [0, 0.05) is 50.1 Å². The van der Waals surface area contributed by atoms with Crippen LogP contribution in [0.5, 0.6) is 11.5 Å². The summed E-state index contributed by atoms with van der Waals surface area (Å²) in [6, 6.07) is 9.80. The molecule has 2 amide bonds. The van der Waals surface area contributed by atoms with Crippen LogP contribution in [0.4, 0.5) is 0 Å². The molecule has 1 aromatic carbocycles. The Bertz CT molecular complexity index is 991. The van der Waals surface area contributed by atoms with Gasteiger partial charge in [-0.2, -0.15) is 0 Å². The van der Waals surface area contributed by atoms with Gasteiger partial charge in [0.1, 0.15) is 13.2 Å². The molecule has 2 fully saturated rings. The molecule has 2 aromatic rings. The van der Waals surface area contributed by atoms with E-state index in [1.54, 1.807) is 0 Å². The summed E-state index contributed by atoms with van der Waals surface area (Å²) in [5.74, 6) is 1.88. The third kappa shape index (κ3) is 4.34. The first-order valence-electron chi connectivity index (χ1n) is 11.3. The van der Waals surface area contributed by atoms with Crippen LogP contribution in [-0.2, 0) is 4.79 Å². The van der Waals surface area contributed by atoms with Crippen molar-refractivity contribution in [1.29, 1.82) is 0 Å². The van der Waals surface area contributed by atoms with Crippen molar-refractivity contribution in [1.82, 2.24) is 14.7 Å². The number of thiophene rings is 1. The molecule has 0 radical (unpaired) electrons. The topological polar surface area (TPSA) is 62.3 Å². The van der Waals surface area contributed by atoms with Crippen LogP contribution < -0.4 is 9.47 Å². The van der Waals surface area contributed by atoms with Crippen molar-refractivity contribution in [3.63, 3.8) is 0 Å². The first kappa shape index (κ1) is 21.3. The molecule has 0 atom stereocenters. The molecule has 3 aliphatic rings. The maximum absolute atomic E-state index is 13.1. The lowest BCUT2D eigenvalue weighted by atomic mass is 9.95. The summed E-state index contributed by atoms with van der Waals surface area (Å²) in [6.07, 6.45) is 1.49. The normalized spacial score (nSPS) is 19.8. The van der Waals surface area contributed by atoms with Gasteiger partial charge in [-0.05, 0) is 55.8 Å². The van der Waals surface area contributed by atoms with Gasteiger partial charge in [-0.25, -0.2) is 0 Å². The fourth-order valence-corrected chi connectivity index (χ4v) is 5.55. The van der Waals surface area contributed by atoms with Gasteiger partial charge < -0.3 is 24.2 Å². The predicted octanol–water partition coefficient (Wildman–Crippen LogP) is 2.81. The molecule has 0 N–H and O–H groups in total. The number of benzene rings is 1. The van der Waals surface area contributed by atoms with E-state index in [9.17, 15) is 9.59 Å². The Morgan fingerprint density at radius 3 is 2.34 bits per heavy atom. The molecule has 170 valence electrons. The Labute approximate surface area is 192 Å². The zero-order valence-electron chi connectivity index (χ0n) is 18.4. The maximum Gasteiger partial charge on any atom is 0.263 e. The van der Waals surface area contributed by atoms with Crippen LogP contribution in [0.3, 0.4) is 0 Å². The predicted molar refractivity (Wildman–Crippen MR) is 123 cm³/mol. The van der Waals surface area contributed by atoms with E-state index in [2.05, 4.69) is 11.9 Å². The van der Waals surface area contributed by atoms with Crippen molar-refractivity contribution in [3.05, 3.63) is 35.2 Å². The van der Waals surface area contributed by atoms with Gasteiger partial charge in [-0.3, -0.25) is 9.59 Å². The zero-order valence-corrected chi connectivity index (χ0v) is 19.2. The summed E-state index contributed by atoms with van der Waals surface area (Å²) < 4.78 is 11.3. The van der Waals surface area contributed by atoms with Crippen molar-refractivity contribution in [2.75, 3.05) is 59.5 Å². The smallest absolute Gasteiger partial charge is 0.263 e. The molecule has 7 nitrogen and oxygen atoms in total. The highest BCUT2D eigenvalue weighted by Gasteiger charge is 2.32. The zero-order chi connectivity index (χ0) is 22.1. The van der Waals surface area contributed by atoms with Gasteiger partial charge >= 0.3 is 0 Å². The fourth-order valence-electron chi connectivity index (χ4n) is 4.57. The number of nitrogens with zero attached hydrogens (tertiary/aromatic N) is 3. The highest BCUT2D eigenvalue weighted by Crippen LogP contribution is 2.37. The van der Waals surface area contributed by atoms with Gasteiger partial charge in [0.2, 0.25) is 5.91 Å². The SMILES string of the molecule is CN1CCN(C(=O)C2CCN(C(=O)c3ccc(-c4ccc5c(c4)OCCO5)s3)CC2)CC1. The van der Waals surface area contributed by atoms with Crippen molar-refractivity contribution in [3.8, 4) is 21.9 Å². The molecule has 0 saturated carbocycles. The van der Waals surface area contributed by atoms with Crippen molar-refractivity contribution < 1.29 is 19.1 Å². The number of amides is 2. The van der Waals surface area contributed by atoms with Crippen LogP contribution in [0.25, 0.3) is 10.4 Å². The summed E-state index contributed by atoms with van der Waals surface area (Å²) in [5, 5.41) is 0. The quantitative estimate of drug-likeness (QED) is 0.712. The number of carbonyl (C=O) groups excluding carboxylic acids is 2. The lowest BCUT2D eigenvalue weighted by molar-refractivity contribution is -0.138. The van der Waals surface area contributed by atoms with Crippen molar-refractivity contribution >= 4 is 23.2 Å². The van der Waals surface area contributed by atoms with Crippen LogP contribution in [0.1, 0.15) is 22.5 Å². The second kappa shape index (κ2) is 9.11. The van der Waals surface area contributed by atoms with Gasteiger partial charge in [-0.1, -0.05) is 0 Å². The summed E-state index contributed by atoms with van der Waals surface area (Å²) in [5.41, 5.74) is 1.02. The van der Waals surface area contributed by atoms with Gasteiger partial charge in [0.15, 0.2) is 11.5 Å². The Balaban J connectivity index is 1.19. The van der Waals surface area contributed by atoms with E-state index in [1.165, 1.54) is 11.3 Å². The van der Waals surface area contributed by atoms with Gasteiger partial charge in [0.25, 0.3) is 5.91 Å². The summed E-state index contributed by atoms with van der Waals surface area (Å²) in [4.78, 5) is 33.9. The first-order valence-corrected chi connectivity index (χ1v) is 12.2. The van der Waals surface area contributed by atoms with E-state index < -0.39 is 0 Å². The number of rotatable bonds is 3. The second-order valence-corrected chi connectivity index (χ2v) is 9.80. The molecule has 5 rings (SSSR count). The number of carbonyl (C=O) groups is 2. The number of hydrogen-bond donors (Lipinski definition) is 0. The molecule has 32 heavy (non-hydrogen) atoms. The number of likely N-dealkylation sites (tertiary alicyclic amines) is 1. The van der Waals surface area contributed by atoms with Crippen LogP contribution >= 0.6 is 11.3 Å². The molecular formula is C24H29N3O4S. The van der Waals surface area contributed by atoms with Gasteiger partial charge in [-0.15, -0.1) is 11.3 Å². The number of piperidine rings is 1. The average molecular weight is 456 g/mol. The van der Waals surface area contributed by atoms with Crippen LogP contribution in [0.2, 0.25) is 0 Å². The molecule has 4 heterocycles. The number of ether oxygens (including phenoxy) is 2. The van der Waals surface area contributed by atoms with E-state index >= 15 is 0 Å². The number of fused-ring (bicyclic) bond motifs is 1. The highest BCUT2D eigenvalue weighted by molar-refractivity contribution is 7.17. The largest absolute Gasteiger partial charge is 0.486 e. The Hall–Kier alpha value is -2.58. The van der Waals surface area contributed by atoms with E-state index in [1.807, 2.05) is 40.1 Å². The third-order valence-corrected chi connectivity index (χ3v) is 7.71. The van der Waals surface area contributed by atoms with E-state index in [-0.39, 0.29) is 17.7 Å². The Kier molecular flexibility index (Phi) is 6.06. The minimum atomic E-state index is 0.0408. The minimum absolute atomic E-state index is 0.0408. The molecule has 2 saturated heterocycles. The third-order valence-electron chi connectivity index (χ3n) is 6.59. The summed E-state index contributed by atoms with van der Waals surface area (Å²) in [6.45, 7) is 5.90. The van der Waals surface area contributed by atoms with E-state index in [4.69, 9.17) is 9.47 Å². The molecule has 1 aromatic heterocycles. The first-order chi connectivity index (χ1) is 15.6. The van der Waals surface area contributed by atoms with E-state index in [0.717, 1.165) is 65.8 Å². The fraction of sp³-hybridized carbons (Fsp3) is 0.500. The standard InChI is InChI=1S/C24H29N3O4S/c1-25-10-12-27(13-11-25)23(28)17-6-8-26(9-7-17)24(29)22-5-4-21(32-22)18-2-3-19-20(16-18)31-15-14-30-19/h2-5,16-17H,6-15H2,1H3. The van der Waals surface area contributed by atoms with Crippen molar-refractivity contribution in [2.24, 2.45) is 5.92 Å². The maximum atomic E-state index is 13.1. The van der Waals surface area contributed by atoms with Crippen molar-refractivity contribution in [2.45, 2.75) is 12.8 Å². The monoisotopic (exact) mass is 455 g/mol. The molecule has 0 bridgehead atoms. The van der Waals surface area contributed by atoms with Crippen LogP contribution in [0, 0.1) is 5.92 Å². The molecule has 0 unspecified atom stereocenters. The molecule has 0 aliphatic carbocycles. The molecule has 8 heteroatoms. The van der Waals surface area contributed by atoms with E-state index in [0.29, 0.717) is 26.3 Å². The molecule has 3 aliphatic heterocycles. The Morgan fingerprint density at radius 1 is 0.875 bits per heavy atom.